The van der Waals surface area contributed by atoms with Crippen molar-refractivity contribution in [2.45, 2.75) is 37.9 Å². The van der Waals surface area contributed by atoms with Crippen molar-refractivity contribution in [3.8, 4) is 0 Å². The van der Waals surface area contributed by atoms with Crippen molar-refractivity contribution in [1.29, 1.82) is 0 Å². The van der Waals surface area contributed by atoms with Gasteiger partial charge in [0.05, 0.1) is 11.7 Å². The van der Waals surface area contributed by atoms with E-state index < -0.39 is 11.7 Å². The minimum Gasteiger partial charge on any atom is -0.390 e. The van der Waals surface area contributed by atoms with Gasteiger partial charge in [-0.05, 0) is 13.3 Å². The van der Waals surface area contributed by atoms with Gasteiger partial charge in [0.1, 0.15) is 5.78 Å². The first-order valence-electron chi connectivity index (χ1n) is 3.44. The molecule has 1 aliphatic rings. The number of carbonyl (C=O) groups is 1. The second-order valence-electron chi connectivity index (χ2n) is 3.12. The minimum absolute atomic E-state index is 0.0408. The van der Waals surface area contributed by atoms with Gasteiger partial charge in [0, 0.05) is 12.8 Å². The predicted molar refractivity (Wildman–Crippen MR) is 35.5 cm³/mol. The molecule has 1 rings (SSSR count). The molecule has 1 fully saturated rings. The number of carbonyl (C=O) groups excluding carboxylic acids is 1. The highest BCUT2D eigenvalue weighted by atomic mass is 16.3. The number of rotatable bonds is 0. The van der Waals surface area contributed by atoms with Crippen LogP contribution in [0.5, 0.6) is 0 Å². The maximum Gasteiger partial charge on any atom is 0.135 e. The van der Waals surface area contributed by atoms with Crippen molar-refractivity contribution < 1.29 is 15.0 Å². The topological polar surface area (TPSA) is 57.5 Å². The van der Waals surface area contributed by atoms with Gasteiger partial charge in [0.25, 0.3) is 0 Å². The first-order chi connectivity index (χ1) is 4.52. The van der Waals surface area contributed by atoms with Gasteiger partial charge in [-0.25, -0.2) is 0 Å². The lowest BCUT2D eigenvalue weighted by Crippen LogP contribution is -2.44. The van der Waals surface area contributed by atoms with E-state index in [0.717, 1.165) is 0 Å². The van der Waals surface area contributed by atoms with Crippen molar-refractivity contribution in [3.05, 3.63) is 0 Å². The summed E-state index contributed by atoms with van der Waals surface area (Å²) in [6.07, 6.45) is 0.0121. The summed E-state index contributed by atoms with van der Waals surface area (Å²) in [6.45, 7) is 1.56. The zero-order valence-corrected chi connectivity index (χ0v) is 6.00. The van der Waals surface area contributed by atoms with Crippen LogP contribution in [0.25, 0.3) is 0 Å². The molecule has 3 heteroatoms. The van der Waals surface area contributed by atoms with Gasteiger partial charge in [0.2, 0.25) is 0 Å². The van der Waals surface area contributed by atoms with E-state index >= 15 is 0 Å². The van der Waals surface area contributed by atoms with E-state index in [1.807, 2.05) is 0 Å². The molecule has 1 saturated carbocycles. The lowest BCUT2D eigenvalue weighted by atomic mass is 9.83. The van der Waals surface area contributed by atoms with E-state index in [9.17, 15) is 9.90 Å². The van der Waals surface area contributed by atoms with E-state index in [1.54, 1.807) is 6.92 Å². The highest BCUT2D eigenvalue weighted by Gasteiger charge is 2.36. The summed E-state index contributed by atoms with van der Waals surface area (Å²) in [5.74, 6) is 0.0408. The van der Waals surface area contributed by atoms with Crippen molar-refractivity contribution in [2.24, 2.45) is 0 Å². The Kier molecular flexibility index (Phi) is 1.79. The molecule has 0 bridgehead atoms. The summed E-state index contributed by atoms with van der Waals surface area (Å²) in [4.78, 5) is 10.7. The largest absolute Gasteiger partial charge is 0.390 e. The molecule has 58 valence electrons. The summed E-state index contributed by atoms with van der Waals surface area (Å²) in [6, 6.07) is 0. The summed E-state index contributed by atoms with van der Waals surface area (Å²) in [5, 5.41) is 18.5. The Morgan fingerprint density at radius 3 is 2.70 bits per heavy atom. The van der Waals surface area contributed by atoms with Crippen LogP contribution in [-0.4, -0.2) is 27.7 Å². The summed E-state index contributed by atoms with van der Waals surface area (Å²) < 4.78 is 0. The van der Waals surface area contributed by atoms with E-state index in [0.29, 0.717) is 12.8 Å². The predicted octanol–water partition coefficient (Wildman–Crippen LogP) is -0.149. The second-order valence-corrected chi connectivity index (χ2v) is 3.12. The van der Waals surface area contributed by atoms with Gasteiger partial charge < -0.3 is 10.2 Å². The van der Waals surface area contributed by atoms with Crippen molar-refractivity contribution in [1.82, 2.24) is 0 Å². The van der Waals surface area contributed by atoms with Crippen LogP contribution in [-0.2, 0) is 4.79 Å². The van der Waals surface area contributed by atoms with Gasteiger partial charge in [-0.2, -0.15) is 0 Å². The number of hydrogen-bond acceptors (Lipinski definition) is 3. The van der Waals surface area contributed by atoms with E-state index in [4.69, 9.17) is 5.11 Å². The molecule has 0 aliphatic heterocycles. The molecule has 0 saturated heterocycles. The number of aliphatic hydroxyl groups is 2. The van der Waals surface area contributed by atoms with E-state index in [2.05, 4.69) is 0 Å². The maximum absolute atomic E-state index is 10.7. The Balaban J connectivity index is 2.60. The molecule has 0 aromatic carbocycles. The van der Waals surface area contributed by atoms with E-state index in [-0.39, 0.29) is 12.2 Å². The van der Waals surface area contributed by atoms with Crippen LogP contribution in [0.2, 0.25) is 0 Å². The summed E-state index contributed by atoms with van der Waals surface area (Å²) in [7, 11) is 0. The Labute approximate surface area is 59.7 Å². The zero-order chi connectivity index (χ0) is 7.78. The Morgan fingerprint density at radius 2 is 2.30 bits per heavy atom. The molecule has 0 aromatic rings. The average Bonchev–Trinajstić information content (AvgIpc) is 1.81. The van der Waals surface area contributed by atoms with Crippen LogP contribution < -0.4 is 0 Å². The molecule has 2 N–H and O–H groups in total. The molecule has 1 aliphatic carbocycles. The molecule has 0 spiro atoms. The van der Waals surface area contributed by atoms with Crippen molar-refractivity contribution >= 4 is 5.78 Å². The second kappa shape index (κ2) is 2.32. The molecule has 3 nitrogen and oxygen atoms in total. The fourth-order valence-corrected chi connectivity index (χ4v) is 1.10. The lowest BCUT2D eigenvalue weighted by molar-refractivity contribution is -0.137. The van der Waals surface area contributed by atoms with Crippen molar-refractivity contribution in [2.75, 3.05) is 0 Å². The van der Waals surface area contributed by atoms with Gasteiger partial charge in [0.15, 0.2) is 0 Å². The van der Waals surface area contributed by atoms with Crippen LogP contribution >= 0.6 is 0 Å². The van der Waals surface area contributed by atoms with Crippen LogP contribution in [0.3, 0.4) is 0 Å². The molecule has 0 radical (unpaired) electrons. The van der Waals surface area contributed by atoms with Crippen LogP contribution in [0.4, 0.5) is 0 Å². The minimum atomic E-state index is -1.05. The monoisotopic (exact) mass is 144 g/mol. The molecular formula is C7H12O3. The fourth-order valence-electron chi connectivity index (χ4n) is 1.10. The van der Waals surface area contributed by atoms with Gasteiger partial charge in [-0.3, -0.25) is 4.79 Å². The molecule has 2 unspecified atom stereocenters. The third-order valence-electron chi connectivity index (χ3n) is 2.05. The average molecular weight is 144 g/mol. The molecule has 10 heavy (non-hydrogen) atoms. The number of ketones is 1. The Morgan fingerprint density at radius 1 is 1.70 bits per heavy atom. The van der Waals surface area contributed by atoms with E-state index in [1.165, 1.54) is 0 Å². The summed E-state index contributed by atoms with van der Waals surface area (Å²) in [5.41, 5.74) is -1.05. The molecule has 0 amide bonds. The normalized spacial score (nSPS) is 41.9. The molecular weight excluding hydrogens is 132 g/mol. The SMILES string of the molecule is CC1(O)CCC(=O)CC1O. The third kappa shape index (κ3) is 1.36. The Bertz CT molecular complexity index is 151. The van der Waals surface area contributed by atoms with Gasteiger partial charge in [-0.15, -0.1) is 0 Å². The quantitative estimate of drug-likeness (QED) is 0.497. The first kappa shape index (κ1) is 7.69. The van der Waals surface area contributed by atoms with Crippen LogP contribution in [0.15, 0.2) is 0 Å². The smallest absolute Gasteiger partial charge is 0.135 e. The Hall–Kier alpha value is -0.410. The van der Waals surface area contributed by atoms with Crippen molar-refractivity contribution in [3.63, 3.8) is 0 Å². The molecule has 0 aromatic heterocycles. The fraction of sp³-hybridized carbons (Fsp3) is 0.857. The van der Waals surface area contributed by atoms with Crippen LogP contribution in [0.1, 0.15) is 26.2 Å². The molecule has 0 heterocycles. The molecule has 2 atom stereocenters. The number of Topliss-reactive ketones (excluding diaryl/α,β-unsaturated/α-hetero) is 1. The zero-order valence-electron chi connectivity index (χ0n) is 6.00. The standard InChI is InChI=1S/C7H12O3/c1-7(10)3-2-5(8)4-6(7)9/h6,9-10H,2-4H2,1H3. The third-order valence-corrected chi connectivity index (χ3v) is 2.05. The van der Waals surface area contributed by atoms with Gasteiger partial charge in [-0.1, -0.05) is 0 Å². The highest BCUT2D eigenvalue weighted by Crippen LogP contribution is 2.25. The lowest BCUT2D eigenvalue weighted by Gasteiger charge is -2.32. The number of aliphatic hydroxyl groups excluding tert-OH is 1. The van der Waals surface area contributed by atoms with Gasteiger partial charge >= 0.3 is 0 Å². The first-order valence-corrected chi connectivity index (χ1v) is 3.44. The summed E-state index contributed by atoms with van der Waals surface area (Å²) >= 11 is 0. The van der Waals surface area contributed by atoms with Crippen LogP contribution in [0, 0.1) is 0 Å². The maximum atomic E-state index is 10.7. The highest BCUT2D eigenvalue weighted by molar-refractivity contribution is 5.80. The number of hydrogen-bond donors (Lipinski definition) is 2.